The highest BCUT2D eigenvalue weighted by Gasteiger charge is 2.21. The zero-order valence-corrected chi connectivity index (χ0v) is 16.2. The molecule has 1 N–H and O–H groups in total. The molecule has 1 amide bonds. The summed E-state index contributed by atoms with van der Waals surface area (Å²) in [5.74, 6) is -0.154. The minimum absolute atomic E-state index is 0.0360. The molecular weight excluding hydrogens is 394 g/mol. The van der Waals surface area contributed by atoms with E-state index < -0.39 is 5.91 Å². The average molecular weight is 414 g/mol. The number of anilines is 1. The van der Waals surface area contributed by atoms with Gasteiger partial charge < -0.3 is 9.88 Å². The Kier molecular flexibility index (Phi) is 5.58. The monoisotopic (exact) mass is 413 g/mol. The predicted octanol–water partition coefficient (Wildman–Crippen LogP) is 4.32. The molecule has 26 heavy (non-hydrogen) atoms. The molecule has 1 heterocycles. The van der Waals surface area contributed by atoms with Gasteiger partial charge in [-0.15, -0.1) is 0 Å². The standard InChI is InChI=1S/C20H20BrN3O2/c1-24-12-14(21)10-16(20(24)26)19(25)23-18-9-5-8-15(17(18)11-22)13-6-3-2-4-7-13/h5,8-10,12-13H,2-4,6-7H2,1H3,(H,23,25). The van der Waals surface area contributed by atoms with E-state index in [1.807, 2.05) is 12.1 Å². The van der Waals surface area contributed by atoms with Crippen molar-refractivity contribution in [2.75, 3.05) is 5.32 Å². The Morgan fingerprint density at radius 1 is 1.31 bits per heavy atom. The largest absolute Gasteiger partial charge is 0.321 e. The number of carbonyl (C=O) groups excluding carboxylic acids is 1. The number of hydrogen-bond donors (Lipinski definition) is 1. The molecule has 3 rings (SSSR count). The fourth-order valence-corrected chi connectivity index (χ4v) is 4.11. The lowest BCUT2D eigenvalue weighted by Gasteiger charge is -2.23. The molecule has 1 fully saturated rings. The van der Waals surface area contributed by atoms with Gasteiger partial charge in [0.15, 0.2) is 0 Å². The van der Waals surface area contributed by atoms with Gasteiger partial charge in [-0.3, -0.25) is 9.59 Å². The van der Waals surface area contributed by atoms with Crippen LogP contribution in [0.15, 0.2) is 39.7 Å². The number of rotatable bonds is 3. The second-order valence-corrected chi connectivity index (χ2v) is 7.57. The van der Waals surface area contributed by atoms with Crippen molar-refractivity contribution in [3.63, 3.8) is 0 Å². The molecule has 2 aromatic rings. The van der Waals surface area contributed by atoms with Crippen LogP contribution < -0.4 is 10.9 Å². The fourth-order valence-electron chi connectivity index (χ4n) is 3.58. The van der Waals surface area contributed by atoms with Gasteiger partial charge in [-0.05, 0) is 52.4 Å². The summed E-state index contributed by atoms with van der Waals surface area (Å²) < 4.78 is 1.99. The average Bonchev–Trinajstić information content (AvgIpc) is 2.65. The Morgan fingerprint density at radius 2 is 2.04 bits per heavy atom. The molecule has 1 aliphatic rings. The van der Waals surface area contributed by atoms with E-state index in [-0.39, 0.29) is 11.1 Å². The summed E-state index contributed by atoms with van der Waals surface area (Å²) in [6.45, 7) is 0. The number of amides is 1. The van der Waals surface area contributed by atoms with E-state index in [0.717, 1.165) is 18.4 Å². The maximum Gasteiger partial charge on any atom is 0.263 e. The minimum Gasteiger partial charge on any atom is -0.321 e. The SMILES string of the molecule is Cn1cc(Br)cc(C(=O)Nc2cccc(C3CCCCC3)c2C#N)c1=O. The van der Waals surface area contributed by atoms with Crippen molar-refractivity contribution < 1.29 is 4.79 Å². The van der Waals surface area contributed by atoms with Crippen molar-refractivity contribution in [1.82, 2.24) is 4.57 Å². The molecule has 134 valence electrons. The fraction of sp³-hybridized carbons (Fsp3) is 0.350. The number of aromatic nitrogens is 1. The Balaban J connectivity index is 1.94. The predicted molar refractivity (Wildman–Crippen MR) is 104 cm³/mol. The third-order valence-electron chi connectivity index (χ3n) is 4.90. The quantitative estimate of drug-likeness (QED) is 0.813. The zero-order chi connectivity index (χ0) is 18.7. The van der Waals surface area contributed by atoms with Crippen LogP contribution in [0.4, 0.5) is 5.69 Å². The van der Waals surface area contributed by atoms with E-state index in [1.54, 1.807) is 19.3 Å². The van der Waals surface area contributed by atoms with Crippen LogP contribution in [0.2, 0.25) is 0 Å². The van der Waals surface area contributed by atoms with Gasteiger partial charge in [-0.2, -0.15) is 5.26 Å². The van der Waals surface area contributed by atoms with Crippen LogP contribution in [0.5, 0.6) is 0 Å². The number of aryl methyl sites for hydroxylation is 1. The molecular formula is C20H20BrN3O2. The maximum absolute atomic E-state index is 12.6. The molecule has 0 spiro atoms. The molecule has 0 saturated heterocycles. The second kappa shape index (κ2) is 7.88. The molecule has 0 unspecified atom stereocenters. The number of carbonyl (C=O) groups is 1. The summed E-state index contributed by atoms with van der Waals surface area (Å²) in [7, 11) is 1.59. The maximum atomic E-state index is 12.6. The summed E-state index contributed by atoms with van der Waals surface area (Å²) >= 11 is 3.30. The molecule has 0 aliphatic heterocycles. The molecule has 0 atom stereocenters. The van der Waals surface area contributed by atoms with Crippen molar-refractivity contribution in [1.29, 1.82) is 5.26 Å². The molecule has 0 bridgehead atoms. The third-order valence-corrected chi connectivity index (χ3v) is 5.33. The number of nitrogens with one attached hydrogen (secondary N) is 1. The third kappa shape index (κ3) is 3.73. The second-order valence-electron chi connectivity index (χ2n) is 6.66. The van der Waals surface area contributed by atoms with Crippen molar-refractivity contribution in [2.45, 2.75) is 38.0 Å². The number of halogens is 1. The van der Waals surface area contributed by atoms with Crippen LogP contribution in [0, 0.1) is 11.3 Å². The van der Waals surface area contributed by atoms with E-state index in [1.165, 1.54) is 29.9 Å². The number of nitrogens with zero attached hydrogens (tertiary/aromatic N) is 2. The van der Waals surface area contributed by atoms with Crippen LogP contribution in [-0.2, 0) is 7.05 Å². The Morgan fingerprint density at radius 3 is 2.73 bits per heavy atom. The smallest absolute Gasteiger partial charge is 0.263 e. The number of pyridine rings is 1. The number of nitriles is 1. The first-order valence-electron chi connectivity index (χ1n) is 8.72. The van der Waals surface area contributed by atoms with Gasteiger partial charge in [0.2, 0.25) is 0 Å². The molecule has 0 radical (unpaired) electrons. The van der Waals surface area contributed by atoms with E-state index >= 15 is 0 Å². The van der Waals surface area contributed by atoms with Crippen molar-refractivity contribution in [3.8, 4) is 6.07 Å². The van der Waals surface area contributed by atoms with Crippen molar-refractivity contribution in [3.05, 3.63) is 62.0 Å². The van der Waals surface area contributed by atoms with Crippen molar-refractivity contribution >= 4 is 27.5 Å². The lowest BCUT2D eigenvalue weighted by molar-refractivity contribution is 0.102. The van der Waals surface area contributed by atoms with Gasteiger partial charge in [-0.1, -0.05) is 31.4 Å². The molecule has 1 aromatic carbocycles. The van der Waals surface area contributed by atoms with E-state index in [0.29, 0.717) is 21.6 Å². The first-order chi connectivity index (χ1) is 12.5. The van der Waals surface area contributed by atoms with E-state index in [4.69, 9.17) is 0 Å². The Hall–Kier alpha value is -2.39. The summed E-state index contributed by atoms with van der Waals surface area (Å²) in [5, 5.41) is 12.4. The summed E-state index contributed by atoms with van der Waals surface area (Å²) in [4.78, 5) is 24.9. The summed E-state index contributed by atoms with van der Waals surface area (Å²) in [5.41, 5.74) is 1.61. The van der Waals surface area contributed by atoms with Gasteiger partial charge in [0.25, 0.3) is 11.5 Å². The minimum atomic E-state index is -0.510. The van der Waals surface area contributed by atoms with E-state index in [2.05, 4.69) is 27.3 Å². The summed E-state index contributed by atoms with van der Waals surface area (Å²) in [6.07, 6.45) is 7.31. The van der Waals surface area contributed by atoms with Gasteiger partial charge in [0.05, 0.1) is 11.3 Å². The Labute approximate surface area is 160 Å². The van der Waals surface area contributed by atoms with Crippen LogP contribution in [-0.4, -0.2) is 10.5 Å². The lowest BCUT2D eigenvalue weighted by Crippen LogP contribution is -2.27. The van der Waals surface area contributed by atoms with Gasteiger partial charge in [0, 0.05) is 17.7 Å². The summed E-state index contributed by atoms with van der Waals surface area (Å²) in [6, 6.07) is 9.29. The first kappa shape index (κ1) is 18.4. The topological polar surface area (TPSA) is 74.9 Å². The van der Waals surface area contributed by atoms with E-state index in [9.17, 15) is 14.9 Å². The van der Waals surface area contributed by atoms with Gasteiger partial charge in [-0.25, -0.2) is 0 Å². The molecule has 1 aliphatic carbocycles. The van der Waals surface area contributed by atoms with Crippen LogP contribution in [0.1, 0.15) is 59.5 Å². The van der Waals surface area contributed by atoms with Crippen LogP contribution in [0.25, 0.3) is 0 Å². The van der Waals surface area contributed by atoms with Crippen molar-refractivity contribution in [2.24, 2.45) is 7.05 Å². The first-order valence-corrected chi connectivity index (χ1v) is 9.51. The number of benzene rings is 1. The van der Waals surface area contributed by atoms with Gasteiger partial charge in [0.1, 0.15) is 11.6 Å². The van der Waals surface area contributed by atoms with Crippen LogP contribution >= 0.6 is 15.9 Å². The normalized spacial score (nSPS) is 14.7. The molecule has 1 aromatic heterocycles. The zero-order valence-electron chi connectivity index (χ0n) is 14.6. The molecule has 6 heteroatoms. The number of hydrogen-bond acceptors (Lipinski definition) is 3. The van der Waals surface area contributed by atoms with Gasteiger partial charge >= 0.3 is 0 Å². The Bertz CT molecular complexity index is 937. The molecule has 5 nitrogen and oxygen atoms in total. The molecule has 1 saturated carbocycles. The van der Waals surface area contributed by atoms with Crippen LogP contribution in [0.3, 0.4) is 0 Å². The highest BCUT2D eigenvalue weighted by Crippen LogP contribution is 2.36. The highest BCUT2D eigenvalue weighted by atomic mass is 79.9. The lowest BCUT2D eigenvalue weighted by atomic mass is 9.82. The highest BCUT2D eigenvalue weighted by molar-refractivity contribution is 9.10.